The van der Waals surface area contributed by atoms with E-state index in [1.807, 2.05) is 0 Å². The number of hydrogen-bond acceptors (Lipinski definition) is 2. The van der Waals surface area contributed by atoms with Crippen molar-refractivity contribution in [3.63, 3.8) is 0 Å². The summed E-state index contributed by atoms with van der Waals surface area (Å²) in [6.07, 6.45) is -3.94. The van der Waals surface area contributed by atoms with Gasteiger partial charge in [-0.25, -0.2) is 0 Å². The molecule has 86 valence electrons. The molecule has 0 aliphatic carbocycles. The molecule has 1 aliphatic heterocycles. The number of rotatable bonds is 1. The van der Waals surface area contributed by atoms with E-state index in [0.717, 1.165) is 6.07 Å². The third-order valence-electron chi connectivity index (χ3n) is 2.47. The van der Waals surface area contributed by atoms with Gasteiger partial charge in [0.25, 0.3) is 0 Å². The second kappa shape index (κ2) is 3.69. The molecule has 2 rings (SSSR count). The monoisotopic (exact) mass is 248 g/mol. The maximum atomic E-state index is 12.6. The van der Waals surface area contributed by atoms with Gasteiger partial charge in [0.15, 0.2) is 6.29 Å². The van der Waals surface area contributed by atoms with Crippen molar-refractivity contribution >= 4 is 17.1 Å². The van der Waals surface area contributed by atoms with Gasteiger partial charge in [0.1, 0.15) is 0 Å². The summed E-state index contributed by atoms with van der Waals surface area (Å²) in [5, 5.41) is 0. The molecule has 0 amide bonds. The molecule has 2 nitrogen and oxygen atoms in total. The number of halogens is 3. The Bertz CT molecular complexity index is 480. The summed E-state index contributed by atoms with van der Waals surface area (Å²) in [4.78, 5) is 10.8. The minimum atomic E-state index is -4.59. The van der Waals surface area contributed by atoms with Gasteiger partial charge in [-0.15, -0.1) is 0 Å². The van der Waals surface area contributed by atoms with E-state index < -0.39 is 22.5 Å². The van der Waals surface area contributed by atoms with Crippen molar-refractivity contribution in [2.45, 2.75) is 17.5 Å². The molecule has 0 radical (unpaired) electrons. The SMILES string of the molecule is O=Cc1cc2c(cc1C(F)(F)F)S(=O)CC2. The number of aldehydes is 1. The topological polar surface area (TPSA) is 34.1 Å². The highest BCUT2D eigenvalue weighted by Crippen LogP contribution is 2.35. The highest BCUT2D eigenvalue weighted by Gasteiger charge is 2.35. The first-order valence-corrected chi connectivity index (χ1v) is 5.83. The maximum Gasteiger partial charge on any atom is 0.417 e. The lowest BCUT2D eigenvalue weighted by atomic mass is 10.0. The summed E-state index contributed by atoms with van der Waals surface area (Å²) < 4.78 is 49.1. The first-order valence-electron chi connectivity index (χ1n) is 4.51. The Balaban J connectivity index is 2.66. The van der Waals surface area contributed by atoms with E-state index in [9.17, 15) is 22.2 Å². The number of benzene rings is 1. The van der Waals surface area contributed by atoms with Crippen molar-refractivity contribution in [3.05, 3.63) is 28.8 Å². The molecular weight excluding hydrogens is 241 g/mol. The summed E-state index contributed by atoms with van der Waals surface area (Å²) in [6, 6.07) is 2.03. The molecule has 1 heterocycles. The molecule has 0 spiro atoms. The smallest absolute Gasteiger partial charge is 0.298 e. The Morgan fingerprint density at radius 3 is 2.56 bits per heavy atom. The Labute approximate surface area is 91.9 Å². The summed E-state index contributed by atoms with van der Waals surface area (Å²) >= 11 is 0. The van der Waals surface area contributed by atoms with Crippen molar-refractivity contribution in [2.24, 2.45) is 0 Å². The molecule has 0 saturated heterocycles. The molecule has 1 aromatic carbocycles. The third kappa shape index (κ3) is 1.77. The Hall–Kier alpha value is -1.17. The number of hydrogen-bond donors (Lipinski definition) is 0. The molecule has 1 unspecified atom stereocenters. The fourth-order valence-electron chi connectivity index (χ4n) is 1.71. The highest BCUT2D eigenvalue weighted by atomic mass is 32.2. The second-order valence-electron chi connectivity index (χ2n) is 3.46. The van der Waals surface area contributed by atoms with Gasteiger partial charge in [0.2, 0.25) is 0 Å². The third-order valence-corrected chi connectivity index (χ3v) is 3.91. The zero-order valence-corrected chi connectivity index (χ0v) is 8.82. The molecule has 1 aromatic rings. The molecule has 1 atom stereocenters. The number of aryl methyl sites for hydroxylation is 1. The average Bonchev–Trinajstić information content (AvgIpc) is 2.57. The van der Waals surface area contributed by atoms with Crippen molar-refractivity contribution < 1.29 is 22.2 Å². The van der Waals surface area contributed by atoms with Crippen LogP contribution in [0.15, 0.2) is 17.0 Å². The quantitative estimate of drug-likeness (QED) is 0.714. The van der Waals surface area contributed by atoms with E-state index in [4.69, 9.17) is 0 Å². The van der Waals surface area contributed by atoms with Gasteiger partial charge >= 0.3 is 6.18 Å². The van der Waals surface area contributed by atoms with Crippen LogP contribution in [0.5, 0.6) is 0 Å². The Morgan fingerprint density at radius 2 is 2.00 bits per heavy atom. The van der Waals surface area contributed by atoms with E-state index in [1.54, 1.807) is 0 Å². The fraction of sp³-hybridized carbons (Fsp3) is 0.300. The number of carbonyl (C=O) groups is 1. The molecule has 6 heteroatoms. The van der Waals surface area contributed by atoms with Crippen LogP contribution in [0.1, 0.15) is 21.5 Å². The molecule has 16 heavy (non-hydrogen) atoms. The molecule has 0 N–H and O–H groups in total. The van der Waals surface area contributed by atoms with Crippen LogP contribution in [-0.4, -0.2) is 16.2 Å². The standard InChI is InChI=1S/C10H7F3O2S/c11-10(12,13)8-4-9-6(1-2-16(9)15)3-7(8)5-14/h3-5H,1-2H2. The fourth-order valence-corrected chi connectivity index (χ4v) is 3.03. The van der Waals surface area contributed by atoms with Crippen molar-refractivity contribution in [1.82, 2.24) is 0 Å². The molecular formula is C10H7F3O2S. The lowest BCUT2D eigenvalue weighted by Crippen LogP contribution is -2.10. The Kier molecular flexibility index (Phi) is 2.61. The first kappa shape index (κ1) is 11.3. The summed E-state index contributed by atoms with van der Waals surface area (Å²) in [7, 11) is -1.37. The van der Waals surface area contributed by atoms with Crippen molar-refractivity contribution in [2.75, 3.05) is 5.75 Å². The van der Waals surface area contributed by atoms with E-state index in [2.05, 4.69) is 0 Å². The van der Waals surface area contributed by atoms with Crippen LogP contribution in [0.2, 0.25) is 0 Å². The van der Waals surface area contributed by atoms with Crippen LogP contribution in [0.25, 0.3) is 0 Å². The number of alkyl halides is 3. The van der Waals surface area contributed by atoms with Crippen LogP contribution in [0.3, 0.4) is 0 Å². The molecule has 0 saturated carbocycles. The zero-order chi connectivity index (χ0) is 11.9. The molecule has 0 fully saturated rings. The average molecular weight is 248 g/mol. The normalized spacial score (nSPS) is 19.6. The maximum absolute atomic E-state index is 12.6. The number of fused-ring (bicyclic) bond motifs is 1. The van der Waals surface area contributed by atoms with E-state index in [0.29, 0.717) is 17.7 Å². The predicted octanol–water partition coefficient (Wildman–Crippen LogP) is 2.18. The lowest BCUT2D eigenvalue weighted by molar-refractivity contribution is -0.138. The minimum Gasteiger partial charge on any atom is -0.298 e. The van der Waals surface area contributed by atoms with E-state index in [1.165, 1.54) is 6.07 Å². The van der Waals surface area contributed by atoms with Crippen molar-refractivity contribution in [3.8, 4) is 0 Å². The van der Waals surface area contributed by atoms with Gasteiger partial charge < -0.3 is 0 Å². The van der Waals surface area contributed by atoms with Gasteiger partial charge in [-0.2, -0.15) is 13.2 Å². The second-order valence-corrected chi connectivity index (χ2v) is 5.00. The van der Waals surface area contributed by atoms with Gasteiger partial charge in [-0.3, -0.25) is 9.00 Å². The molecule has 1 aliphatic rings. The first-order chi connectivity index (χ1) is 7.43. The molecule has 0 bridgehead atoms. The summed E-state index contributed by atoms with van der Waals surface area (Å²) in [5.41, 5.74) is -0.810. The van der Waals surface area contributed by atoms with E-state index in [-0.39, 0.29) is 16.7 Å². The van der Waals surface area contributed by atoms with Crippen molar-refractivity contribution in [1.29, 1.82) is 0 Å². The van der Waals surface area contributed by atoms with E-state index >= 15 is 0 Å². The Morgan fingerprint density at radius 1 is 1.31 bits per heavy atom. The summed E-state index contributed by atoms with van der Waals surface area (Å²) in [5.74, 6) is 0.328. The predicted molar refractivity (Wildman–Crippen MR) is 51.8 cm³/mol. The van der Waals surface area contributed by atoms with Gasteiger partial charge in [-0.1, -0.05) is 0 Å². The minimum absolute atomic E-state index is 0.185. The van der Waals surface area contributed by atoms with Crippen LogP contribution in [0, 0.1) is 0 Å². The summed E-state index contributed by atoms with van der Waals surface area (Å²) in [6.45, 7) is 0. The van der Waals surface area contributed by atoms with Crippen LogP contribution >= 0.6 is 0 Å². The molecule has 0 aromatic heterocycles. The van der Waals surface area contributed by atoms with Crippen LogP contribution in [-0.2, 0) is 23.4 Å². The highest BCUT2D eigenvalue weighted by molar-refractivity contribution is 7.85. The zero-order valence-electron chi connectivity index (χ0n) is 8.00. The van der Waals surface area contributed by atoms with Gasteiger partial charge in [0.05, 0.1) is 16.4 Å². The van der Waals surface area contributed by atoms with Crippen LogP contribution < -0.4 is 0 Å². The lowest BCUT2D eigenvalue weighted by Gasteiger charge is -2.11. The van der Waals surface area contributed by atoms with Gasteiger partial charge in [-0.05, 0) is 24.1 Å². The number of carbonyl (C=O) groups excluding carboxylic acids is 1. The largest absolute Gasteiger partial charge is 0.417 e. The van der Waals surface area contributed by atoms with Crippen LogP contribution in [0.4, 0.5) is 13.2 Å². The van der Waals surface area contributed by atoms with Gasteiger partial charge in [0, 0.05) is 16.2 Å².